The summed E-state index contributed by atoms with van der Waals surface area (Å²) in [5, 5.41) is 5.89. The van der Waals surface area contributed by atoms with Crippen LogP contribution >= 0.6 is 28.1 Å². The van der Waals surface area contributed by atoms with E-state index in [4.69, 9.17) is 26.4 Å². The van der Waals surface area contributed by atoms with Crippen molar-refractivity contribution < 1.29 is 19.0 Å². The third kappa shape index (κ3) is 6.42. The molecule has 2 aromatic rings. The Hall–Kier alpha value is -2.16. The van der Waals surface area contributed by atoms with E-state index in [0.717, 1.165) is 30.9 Å². The molecule has 1 aliphatic rings. The largest absolute Gasteiger partial charge is 0.493 e. The molecule has 2 N–H and O–H groups in total. The average molecular weight is 479 g/mol. The molecule has 1 unspecified atom stereocenters. The number of amides is 1. The van der Waals surface area contributed by atoms with E-state index < -0.39 is 0 Å². The predicted molar refractivity (Wildman–Crippen MR) is 120 cm³/mol. The Balaban J connectivity index is 1.54. The van der Waals surface area contributed by atoms with Crippen molar-refractivity contribution in [2.75, 3.05) is 25.1 Å². The molecule has 8 heteroatoms. The van der Waals surface area contributed by atoms with Gasteiger partial charge in [-0.05, 0) is 78.2 Å². The van der Waals surface area contributed by atoms with Gasteiger partial charge in [-0.2, -0.15) is 0 Å². The molecule has 0 aliphatic carbocycles. The number of rotatable bonds is 7. The zero-order valence-corrected chi connectivity index (χ0v) is 18.5. The summed E-state index contributed by atoms with van der Waals surface area (Å²) in [6.45, 7) is 3.78. The van der Waals surface area contributed by atoms with Crippen LogP contribution in [-0.4, -0.2) is 36.9 Å². The average Bonchev–Trinajstić information content (AvgIpc) is 3.22. The van der Waals surface area contributed by atoms with Gasteiger partial charge in [-0.25, -0.2) is 0 Å². The lowest BCUT2D eigenvalue weighted by molar-refractivity contribution is 0.0680. The van der Waals surface area contributed by atoms with Gasteiger partial charge in [-0.1, -0.05) is 6.07 Å². The first-order valence-corrected chi connectivity index (χ1v) is 10.6. The lowest BCUT2D eigenvalue weighted by Gasteiger charge is -2.14. The molecule has 6 nitrogen and oxygen atoms in total. The molecule has 0 radical (unpaired) electrons. The van der Waals surface area contributed by atoms with E-state index in [9.17, 15) is 4.79 Å². The highest BCUT2D eigenvalue weighted by molar-refractivity contribution is 9.10. The Bertz CT molecular complexity index is 872. The van der Waals surface area contributed by atoms with Crippen LogP contribution in [0.3, 0.4) is 0 Å². The molecule has 29 heavy (non-hydrogen) atoms. The minimum absolute atomic E-state index is 0.153. The van der Waals surface area contributed by atoms with Crippen LogP contribution in [0.1, 0.15) is 30.1 Å². The number of carbonyl (C=O) groups is 1. The maximum absolute atomic E-state index is 12.4. The summed E-state index contributed by atoms with van der Waals surface area (Å²) in [5.74, 6) is 1.09. The molecule has 0 spiro atoms. The van der Waals surface area contributed by atoms with Gasteiger partial charge >= 0.3 is 0 Å². The molecule has 0 aromatic heterocycles. The van der Waals surface area contributed by atoms with Gasteiger partial charge in [-0.15, -0.1) is 0 Å². The number of hydrogen-bond acceptors (Lipinski definition) is 5. The third-order valence-electron chi connectivity index (χ3n) is 4.27. The Morgan fingerprint density at radius 3 is 2.86 bits per heavy atom. The summed E-state index contributed by atoms with van der Waals surface area (Å²) in [6, 6.07) is 12.6. The summed E-state index contributed by atoms with van der Waals surface area (Å²) < 4.78 is 17.5. The number of halogens is 1. The van der Waals surface area contributed by atoms with E-state index in [0.29, 0.717) is 29.0 Å². The van der Waals surface area contributed by atoms with Gasteiger partial charge in [0.05, 0.1) is 17.2 Å². The van der Waals surface area contributed by atoms with E-state index in [1.54, 1.807) is 18.2 Å². The Morgan fingerprint density at radius 1 is 1.28 bits per heavy atom. The first kappa shape index (κ1) is 21.5. The number of nitrogens with one attached hydrogen (secondary N) is 2. The normalized spacial score (nSPS) is 15.6. The van der Waals surface area contributed by atoms with Gasteiger partial charge in [0, 0.05) is 23.9 Å². The Labute approximate surface area is 184 Å². The van der Waals surface area contributed by atoms with Crippen molar-refractivity contribution in [2.45, 2.75) is 25.9 Å². The Kier molecular flexibility index (Phi) is 7.85. The second-order valence-electron chi connectivity index (χ2n) is 6.46. The standard InChI is InChI=1S/C21H23BrN2O4S/c1-2-26-19-9-8-14(11-18(19)22)20(25)24-21(29)23-15-5-3-6-16(12-15)28-13-17-7-4-10-27-17/h3,5-6,8-9,11-12,17H,2,4,7,10,13H2,1H3,(H2,23,24,25,29). The first-order valence-electron chi connectivity index (χ1n) is 9.44. The zero-order valence-electron chi connectivity index (χ0n) is 16.1. The highest BCUT2D eigenvalue weighted by Gasteiger charge is 2.16. The number of thiocarbonyl (C=S) groups is 1. The van der Waals surface area contributed by atoms with Crippen molar-refractivity contribution in [3.63, 3.8) is 0 Å². The molecule has 0 bridgehead atoms. The van der Waals surface area contributed by atoms with Crippen LogP contribution in [0.25, 0.3) is 0 Å². The van der Waals surface area contributed by atoms with Crippen LogP contribution in [-0.2, 0) is 4.74 Å². The molecular weight excluding hydrogens is 456 g/mol. The molecule has 0 saturated carbocycles. The SMILES string of the molecule is CCOc1ccc(C(=O)NC(=S)Nc2cccc(OCC3CCCO3)c2)cc1Br. The van der Waals surface area contributed by atoms with Gasteiger partial charge in [0.25, 0.3) is 5.91 Å². The van der Waals surface area contributed by atoms with E-state index >= 15 is 0 Å². The molecular formula is C21H23BrN2O4S. The van der Waals surface area contributed by atoms with Crippen LogP contribution in [0.2, 0.25) is 0 Å². The lowest BCUT2D eigenvalue weighted by atomic mass is 10.2. The van der Waals surface area contributed by atoms with Crippen LogP contribution in [0.4, 0.5) is 5.69 Å². The molecule has 154 valence electrons. The summed E-state index contributed by atoms with van der Waals surface area (Å²) in [5.41, 5.74) is 1.20. The van der Waals surface area contributed by atoms with E-state index in [1.807, 2.05) is 31.2 Å². The quantitative estimate of drug-likeness (QED) is 0.569. The maximum atomic E-state index is 12.4. The molecule has 1 atom stereocenters. The second kappa shape index (κ2) is 10.6. The molecule has 1 fully saturated rings. The predicted octanol–water partition coefficient (Wildman–Crippen LogP) is 4.53. The minimum atomic E-state index is -0.308. The van der Waals surface area contributed by atoms with Crippen molar-refractivity contribution in [2.24, 2.45) is 0 Å². The number of ether oxygens (including phenoxy) is 3. The van der Waals surface area contributed by atoms with Crippen molar-refractivity contribution in [1.29, 1.82) is 0 Å². The maximum Gasteiger partial charge on any atom is 0.257 e. The zero-order chi connectivity index (χ0) is 20.6. The van der Waals surface area contributed by atoms with Crippen molar-refractivity contribution in [3.8, 4) is 11.5 Å². The van der Waals surface area contributed by atoms with Gasteiger partial charge in [0.1, 0.15) is 18.1 Å². The van der Waals surface area contributed by atoms with Crippen molar-refractivity contribution in [3.05, 3.63) is 52.5 Å². The summed E-state index contributed by atoms with van der Waals surface area (Å²) in [4.78, 5) is 12.4. The summed E-state index contributed by atoms with van der Waals surface area (Å²) >= 11 is 8.67. The molecule has 1 heterocycles. The number of benzene rings is 2. The lowest BCUT2D eigenvalue weighted by Crippen LogP contribution is -2.34. The first-order chi connectivity index (χ1) is 14.0. The number of hydrogen-bond donors (Lipinski definition) is 2. The van der Waals surface area contributed by atoms with E-state index in [2.05, 4.69) is 26.6 Å². The summed E-state index contributed by atoms with van der Waals surface area (Å²) in [6.07, 6.45) is 2.25. The topological polar surface area (TPSA) is 68.8 Å². The Morgan fingerprint density at radius 2 is 2.14 bits per heavy atom. The third-order valence-corrected chi connectivity index (χ3v) is 5.10. The van der Waals surface area contributed by atoms with Gasteiger partial charge in [0.2, 0.25) is 0 Å². The van der Waals surface area contributed by atoms with Crippen molar-refractivity contribution >= 4 is 44.9 Å². The smallest absolute Gasteiger partial charge is 0.257 e. The summed E-state index contributed by atoms with van der Waals surface area (Å²) in [7, 11) is 0. The van der Waals surface area contributed by atoms with Gasteiger partial charge in [0.15, 0.2) is 5.11 Å². The highest BCUT2D eigenvalue weighted by Crippen LogP contribution is 2.26. The van der Waals surface area contributed by atoms with Crippen LogP contribution in [0.5, 0.6) is 11.5 Å². The fraction of sp³-hybridized carbons (Fsp3) is 0.333. The molecule has 2 aromatic carbocycles. The monoisotopic (exact) mass is 478 g/mol. The minimum Gasteiger partial charge on any atom is -0.493 e. The molecule has 1 saturated heterocycles. The van der Waals surface area contributed by atoms with Crippen LogP contribution < -0.4 is 20.1 Å². The molecule has 1 amide bonds. The highest BCUT2D eigenvalue weighted by atomic mass is 79.9. The number of anilines is 1. The van der Waals surface area contributed by atoms with Gasteiger partial charge < -0.3 is 19.5 Å². The van der Waals surface area contributed by atoms with Crippen LogP contribution in [0.15, 0.2) is 46.9 Å². The van der Waals surface area contributed by atoms with Gasteiger partial charge in [-0.3, -0.25) is 10.1 Å². The fourth-order valence-electron chi connectivity index (χ4n) is 2.88. The van der Waals surface area contributed by atoms with E-state index in [1.165, 1.54) is 0 Å². The molecule has 1 aliphatic heterocycles. The second-order valence-corrected chi connectivity index (χ2v) is 7.72. The number of carbonyl (C=O) groups excluding carboxylic acids is 1. The fourth-order valence-corrected chi connectivity index (χ4v) is 3.58. The van der Waals surface area contributed by atoms with Crippen molar-refractivity contribution in [1.82, 2.24) is 5.32 Å². The molecule has 3 rings (SSSR count). The van der Waals surface area contributed by atoms with E-state index in [-0.39, 0.29) is 17.1 Å². The van der Waals surface area contributed by atoms with Crippen LogP contribution in [0, 0.1) is 0 Å².